The maximum Gasteiger partial charge on any atom is 0.241 e. The Morgan fingerprint density at radius 1 is 1.33 bits per heavy atom. The van der Waals surface area contributed by atoms with Gasteiger partial charge in [0.2, 0.25) is 11.8 Å². The Morgan fingerprint density at radius 3 is 2.50 bits per heavy atom. The van der Waals surface area contributed by atoms with E-state index >= 15 is 0 Å². The minimum absolute atomic E-state index is 0. The van der Waals surface area contributed by atoms with Crippen molar-refractivity contribution in [2.45, 2.75) is 25.3 Å². The monoisotopic (exact) mass is 279 g/mol. The number of nitrogens with one attached hydrogen (secondary N) is 1. The first kappa shape index (κ1) is 17.2. The second kappa shape index (κ2) is 9.13. The van der Waals surface area contributed by atoms with Crippen molar-refractivity contribution >= 4 is 24.2 Å². The van der Waals surface area contributed by atoms with Crippen LogP contribution in [0.1, 0.15) is 19.3 Å². The number of methoxy groups -OCH3 is 1. The molecule has 1 fully saturated rings. The molecule has 1 aliphatic heterocycles. The topological polar surface area (TPSA) is 84.7 Å². The molecular formula is C11H22ClN3O3. The zero-order chi connectivity index (χ0) is 12.7. The molecule has 1 rings (SSSR count). The van der Waals surface area contributed by atoms with Crippen LogP contribution in [0.15, 0.2) is 0 Å². The largest absolute Gasteiger partial charge is 0.383 e. The maximum atomic E-state index is 11.7. The standard InChI is InChI=1S/C11H21N3O3.ClH/c1-17-8-9(12)11(16)13-7-10(15)14-5-3-2-4-6-14;/h9H,2-8,12H2,1H3,(H,13,16);1H. The highest BCUT2D eigenvalue weighted by Crippen LogP contribution is 2.08. The number of amides is 2. The zero-order valence-corrected chi connectivity index (χ0v) is 11.5. The van der Waals surface area contributed by atoms with Crippen LogP contribution in [0.2, 0.25) is 0 Å². The van der Waals surface area contributed by atoms with E-state index in [1.807, 2.05) is 0 Å². The summed E-state index contributed by atoms with van der Waals surface area (Å²) in [6, 6.07) is -0.714. The van der Waals surface area contributed by atoms with Crippen molar-refractivity contribution in [2.24, 2.45) is 5.73 Å². The van der Waals surface area contributed by atoms with Crippen LogP contribution in [0.5, 0.6) is 0 Å². The summed E-state index contributed by atoms with van der Waals surface area (Å²) in [5.41, 5.74) is 5.53. The summed E-state index contributed by atoms with van der Waals surface area (Å²) in [5.74, 6) is -0.389. The molecular weight excluding hydrogens is 258 g/mol. The van der Waals surface area contributed by atoms with Gasteiger partial charge < -0.3 is 20.7 Å². The van der Waals surface area contributed by atoms with E-state index < -0.39 is 6.04 Å². The number of carbonyl (C=O) groups is 2. The van der Waals surface area contributed by atoms with Gasteiger partial charge in [0.05, 0.1) is 13.2 Å². The molecule has 2 amide bonds. The summed E-state index contributed by atoms with van der Waals surface area (Å²) in [4.78, 5) is 24.9. The third kappa shape index (κ3) is 5.66. The van der Waals surface area contributed by atoms with Gasteiger partial charge in [0.25, 0.3) is 0 Å². The van der Waals surface area contributed by atoms with Crippen LogP contribution >= 0.6 is 12.4 Å². The maximum absolute atomic E-state index is 11.7. The number of piperidine rings is 1. The van der Waals surface area contributed by atoms with Gasteiger partial charge in [0, 0.05) is 20.2 Å². The van der Waals surface area contributed by atoms with Crippen LogP contribution in [0.25, 0.3) is 0 Å². The molecule has 0 aromatic rings. The molecule has 0 radical (unpaired) electrons. The Morgan fingerprint density at radius 2 is 1.94 bits per heavy atom. The predicted octanol–water partition coefficient (Wildman–Crippen LogP) is -0.489. The van der Waals surface area contributed by atoms with E-state index in [1.165, 1.54) is 13.5 Å². The molecule has 18 heavy (non-hydrogen) atoms. The van der Waals surface area contributed by atoms with Gasteiger partial charge in [-0.05, 0) is 19.3 Å². The van der Waals surface area contributed by atoms with E-state index in [0.717, 1.165) is 25.9 Å². The summed E-state index contributed by atoms with van der Waals surface area (Å²) in [7, 11) is 1.48. The minimum atomic E-state index is -0.714. The second-order valence-corrected chi connectivity index (χ2v) is 4.22. The third-order valence-corrected chi connectivity index (χ3v) is 2.81. The molecule has 0 aromatic heterocycles. The molecule has 6 nitrogen and oxygen atoms in total. The minimum Gasteiger partial charge on any atom is -0.383 e. The van der Waals surface area contributed by atoms with Gasteiger partial charge in [-0.1, -0.05) is 0 Å². The highest BCUT2D eigenvalue weighted by Gasteiger charge is 2.18. The quantitative estimate of drug-likeness (QED) is 0.711. The van der Waals surface area contributed by atoms with E-state index in [0.29, 0.717) is 0 Å². The van der Waals surface area contributed by atoms with Gasteiger partial charge in [0.15, 0.2) is 0 Å². The van der Waals surface area contributed by atoms with Crippen molar-refractivity contribution in [3.05, 3.63) is 0 Å². The molecule has 3 N–H and O–H groups in total. The van der Waals surface area contributed by atoms with Crippen molar-refractivity contribution in [2.75, 3.05) is 33.4 Å². The van der Waals surface area contributed by atoms with E-state index in [-0.39, 0.29) is 37.4 Å². The Kier molecular flexibility index (Phi) is 8.70. The van der Waals surface area contributed by atoms with Crippen LogP contribution in [0, 0.1) is 0 Å². The number of rotatable bonds is 5. The lowest BCUT2D eigenvalue weighted by molar-refractivity contribution is -0.134. The van der Waals surface area contributed by atoms with Crippen LogP contribution in [0.4, 0.5) is 0 Å². The van der Waals surface area contributed by atoms with Gasteiger partial charge in [0.1, 0.15) is 6.04 Å². The first-order valence-corrected chi connectivity index (χ1v) is 5.95. The van der Waals surface area contributed by atoms with E-state index in [2.05, 4.69) is 5.32 Å². The first-order chi connectivity index (χ1) is 8.15. The molecule has 1 aliphatic rings. The van der Waals surface area contributed by atoms with E-state index in [1.54, 1.807) is 4.90 Å². The van der Waals surface area contributed by atoms with Gasteiger partial charge in [-0.2, -0.15) is 0 Å². The number of ether oxygens (including phenoxy) is 1. The SMILES string of the molecule is COCC(N)C(=O)NCC(=O)N1CCCCC1.Cl. The average Bonchev–Trinajstić information content (AvgIpc) is 2.36. The van der Waals surface area contributed by atoms with E-state index in [4.69, 9.17) is 10.5 Å². The molecule has 106 valence electrons. The van der Waals surface area contributed by atoms with Crippen molar-refractivity contribution in [3.8, 4) is 0 Å². The van der Waals surface area contributed by atoms with Crippen molar-refractivity contribution in [1.29, 1.82) is 0 Å². The molecule has 0 aliphatic carbocycles. The lowest BCUT2D eigenvalue weighted by Crippen LogP contribution is -2.48. The fourth-order valence-corrected chi connectivity index (χ4v) is 1.80. The average molecular weight is 280 g/mol. The molecule has 1 heterocycles. The summed E-state index contributed by atoms with van der Waals surface area (Å²) < 4.78 is 4.77. The molecule has 0 spiro atoms. The number of nitrogens with two attached hydrogens (primary N) is 1. The summed E-state index contributed by atoms with van der Waals surface area (Å²) >= 11 is 0. The normalized spacial score (nSPS) is 16.7. The molecule has 0 bridgehead atoms. The lowest BCUT2D eigenvalue weighted by Gasteiger charge is -2.26. The summed E-state index contributed by atoms with van der Waals surface area (Å²) in [6.45, 7) is 1.76. The second-order valence-electron chi connectivity index (χ2n) is 4.22. The number of carbonyl (C=O) groups excluding carboxylic acids is 2. The molecule has 0 saturated carbocycles. The predicted molar refractivity (Wildman–Crippen MR) is 70.5 cm³/mol. The van der Waals surface area contributed by atoms with Crippen molar-refractivity contribution < 1.29 is 14.3 Å². The zero-order valence-electron chi connectivity index (χ0n) is 10.7. The molecule has 1 unspecified atom stereocenters. The number of nitrogens with zero attached hydrogens (tertiary/aromatic N) is 1. The fourth-order valence-electron chi connectivity index (χ4n) is 1.80. The lowest BCUT2D eigenvalue weighted by atomic mass is 10.1. The third-order valence-electron chi connectivity index (χ3n) is 2.81. The first-order valence-electron chi connectivity index (χ1n) is 5.95. The highest BCUT2D eigenvalue weighted by molar-refractivity contribution is 5.87. The van der Waals surface area contributed by atoms with Gasteiger partial charge in [-0.25, -0.2) is 0 Å². The summed E-state index contributed by atoms with van der Waals surface area (Å²) in [5, 5.41) is 2.53. The van der Waals surface area contributed by atoms with Crippen LogP contribution in [-0.2, 0) is 14.3 Å². The number of hydrogen-bond donors (Lipinski definition) is 2. The van der Waals surface area contributed by atoms with Crippen molar-refractivity contribution in [3.63, 3.8) is 0 Å². The van der Waals surface area contributed by atoms with Gasteiger partial charge >= 0.3 is 0 Å². The van der Waals surface area contributed by atoms with Gasteiger partial charge in [-0.15, -0.1) is 12.4 Å². The molecule has 0 aromatic carbocycles. The Bertz CT molecular complexity index is 270. The number of halogens is 1. The van der Waals surface area contributed by atoms with E-state index in [9.17, 15) is 9.59 Å². The Labute approximate surface area is 114 Å². The Hall–Kier alpha value is -0.850. The number of hydrogen-bond acceptors (Lipinski definition) is 4. The molecule has 7 heteroatoms. The Balaban J connectivity index is 0.00000289. The number of likely N-dealkylation sites (tertiary alicyclic amines) is 1. The highest BCUT2D eigenvalue weighted by atomic mass is 35.5. The van der Waals surface area contributed by atoms with Crippen molar-refractivity contribution in [1.82, 2.24) is 10.2 Å². The van der Waals surface area contributed by atoms with Crippen LogP contribution < -0.4 is 11.1 Å². The van der Waals surface area contributed by atoms with Crippen LogP contribution in [-0.4, -0.2) is 56.1 Å². The fraction of sp³-hybridized carbons (Fsp3) is 0.818. The van der Waals surface area contributed by atoms with Gasteiger partial charge in [-0.3, -0.25) is 9.59 Å². The molecule has 1 atom stereocenters. The summed E-state index contributed by atoms with van der Waals surface area (Å²) in [6.07, 6.45) is 3.26. The van der Waals surface area contributed by atoms with Crippen LogP contribution in [0.3, 0.4) is 0 Å². The molecule has 1 saturated heterocycles. The smallest absolute Gasteiger partial charge is 0.241 e.